The van der Waals surface area contributed by atoms with Gasteiger partial charge in [0, 0.05) is 40.3 Å². The van der Waals surface area contributed by atoms with E-state index in [0.717, 1.165) is 5.56 Å². The fraction of sp³-hybridized carbons (Fsp3) is 0.333. The number of rotatable bonds is 12. The molecule has 0 fully saturated rings. The molecule has 0 saturated carbocycles. The largest absolute Gasteiger partial charge is 0.493 e. The van der Waals surface area contributed by atoms with Gasteiger partial charge in [-0.3, -0.25) is 9.59 Å². The van der Waals surface area contributed by atoms with Crippen molar-refractivity contribution in [1.82, 2.24) is 9.97 Å². The number of benzene rings is 2. The number of methoxy groups -OCH3 is 1. The number of fused-ring (bicyclic) bond motifs is 1. The second-order valence-corrected chi connectivity index (χ2v) is 8.46. The van der Waals surface area contributed by atoms with Gasteiger partial charge in [0.15, 0.2) is 11.5 Å². The normalized spacial score (nSPS) is 10.7. The van der Waals surface area contributed by atoms with Crippen molar-refractivity contribution in [2.45, 2.75) is 26.2 Å². The molecular formula is C24H25BrClN3O5. The first kappa shape index (κ1) is 25.7. The van der Waals surface area contributed by atoms with Crippen LogP contribution in [0.3, 0.4) is 0 Å². The number of hydrogen-bond donors (Lipinski definition) is 1. The van der Waals surface area contributed by atoms with E-state index < -0.39 is 0 Å². The summed E-state index contributed by atoms with van der Waals surface area (Å²) in [6.07, 6.45) is 1.73. The zero-order valence-corrected chi connectivity index (χ0v) is 21.2. The molecular weight excluding hydrogens is 526 g/mol. The van der Waals surface area contributed by atoms with Gasteiger partial charge in [0.25, 0.3) is 0 Å². The van der Waals surface area contributed by atoms with Gasteiger partial charge in [0.1, 0.15) is 17.9 Å². The molecule has 0 radical (unpaired) electrons. The molecule has 0 spiro atoms. The second-order valence-electron chi connectivity index (χ2n) is 7.23. The average molecular weight is 551 g/mol. The third kappa shape index (κ3) is 6.80. The number of nitrogens with one attached hydrogen (secondary N) is 1. The number of nitrogens with zero attached hydrogens (tertiary/aromatic N) is 2. The van der Waals surface area contributed by atoms with Crippen LogP contribution in [0, 0.1) is 0 Å². The fourth-order valence-corrected chi connectivity index (χ4v) is 3.64. The molecule has 0 bridgehead atoms. The maximum absolute atomic E-state index is 12.5. The fourth-order valence-electron chi connectivity index (χ4n) is 3.31. The van der Waals surface area contributed by atoms with E-state index in [1.165, 1.54) is 6.33 Å². The van der Waals surface area contributed by atoms with Crippen LogP contribution in [0.15, 0.2) is 36.7 Å². The van der Waals surface area contributed by atoms with E-state index in [2.05, 4.69) is 31.2 Å². The van der Waals surface area contributed by atoms with Crippen molar-refractivity contribution in [3.8, 4) is 11.5 Å². The molecule has 0 saturated heterocycles. The number of ether oxygens (including phenoxy) is 3. The first-order valence-corrected chi connectivity index (χ1v) is 12.2. The number of Topliss-reactive ketones (excluding diaryl/α,β-unsaturated/α-hetero) is 1. The number of anilines is 2. The standard InChI is InChI=1S/C24H25BrClN3O5/c1-3-33-23(31)7-6-17(30)10-15-4-5-16(26)11-19(15)29-24-18-12-22(34-9-8-25)21(32-2)13-20(18)27-14-28-24/h4-5,11-14H,3,6-10H2,1-2H3,(H,27,28,29). The Morgan fingerprint density at radius 1 is 1.12 bits per heavy atom. The number of hydrogen-bond acceptors (Lipinski definition) is 8. The van der Waals surface area contributed by atoms with Crippen molar-refractivity contribution in [3.05, 3.63) is 47.2 Å². The van der Waals surface area contributed by atoms with Gasteiger partial charge in [-0.1, -0.05) is 33.6 Å². The van der Waals surface area contributed by atoms with Crippen LogP contribution in [-0.2, 0) is 20.7 Å². The predicted molar refractivity (Wildman–Crippen MR) is 135 cm³/mol. The highest BCUT2D eigenvalue weighted by Crippen LogP contribution is 2.35. The van der Waals surface area contributed by atoms with Crippen LogP contribution in [0.4, 0.5) is 11.5 Å². The summed E-state index contributed by atoms with van der Waals surface area (Å²) in [4.78, 5) is 32.8. The van der Waals surface area contributed by atoms with E-state index in [0.29, 0.717) is 57.5 Å². The summed E-state index contributed by atoms with van der Waals surface area (Å²) in [5, 5.41) is 5.17. The molecule has 1 aromatic heterocycles. The zero-order chi connectivity index (χ0) is 24.5. The van der Waals surface area contributed by atoms with E-state index in [1.54, 1.807) is 38.3 Å². The summed E-state index contributed by atoms with van der Waals surface area (Å²) in [7, 11) is 1.57. The number of esters is 1. The minimum atomic E-state index is -0.383. The zero-order valence-electron chi connectivity index (χ0n) is 18.9. The molecule has 2 aromatic carbocycles. The quantitative estimate of drug-likeness (QED) is 0.241. The van der Waals surface area contributed by atoms with E-state index in [1.807, 2.05) is 6.07 Å². The number of alkyl halides is 1. The number of ketones is 1. The van der Waals surface area contributed by atoms with Gasteiger partial charge in [0.05, 0.1) is 32.3 Å². The van der Waals surface area contributed by atoms with Crippen molar-refractivity contribution in [2.75, 3.05) is 31.0 Å². The average Bonchev–Trinajstić information content (AvgIpc) is 2.83. The topological polar surface area (TPSA) is 99.6 Å². The van der Waals surface area contributed by atoms with E-state index in [4.69, 9.17) is 25.8 Å². The Morgan fingerprint density at radius 3 is 2.68 bits per heavy atom. The summed E-state index contributed by atoms with van der Waals surface area (Å²) in [6, 6.07) is 8.83. The molecule has 0 aliphatic rings. The lowest BCUT2D eigenvalue weighted by Crippen LogP contribution is -2.10. The highest BCUT2D eigenvalue weighted by molar-refractivity contribution is 9.09. The Bertz CT molecular complexity index is 1170. The SMILES string of the molecule is CCOC(=O)CCC(=O)Cc1ccc(Cl)cc1Nc1ncnc2cc(OC)c(OCCBr)cc12. The van der Waals surface area contributed by atoms with Crippen molar-refractivity contribution in [3.63, 3.8) is 0 Å². The number of carbonyl (C=O) groups excluding carboxylic acids is 2. The minimum absolute atomic E-state index is 0.0541. The van der Waals surface area contributed by atoms with Gasteiger partial charge in [-0.25, -0.2) is 9.97 Å². The number of carbonyl (C=O) groups is 2. The molecule has 1 N–H and O–H groups in total. The smallest absolute Gasteiger partial charge is 0.306 e. The van der Waals surface area contributed by atoms with Crippen LogP contribution in [0.2, 0.25) is 5.02 Å². The predicted octanol–water partition coefficient (Wildman–Crippen LogP) is 5.26. The van der Waals surface area contributed by atoms with Gasteiger partial charge < -0.3 is 19.5 Å². The van der Waals surface area contributed by atoms with Gasteiger partial charge in [-0.05, 0) is 30.7 Å². The van der Waals surface area contributed by atoms with E-state index in [9.17, 15) is 9.59 Å². The molecule has 0 amide bonds. The molecule has 3 rings (SSSR count). The molecule has 0 atom stereocenters. The highest BCUT2D eigenvalue weighted by atomic mass is 79.9. The summed E-state index contributed by atoms with van der Waals surface area (Å²) >= 11 is 9.59. The van der Waals surface area contributed by atoms with Crippen LogP contribution in [0.25, 0.3) is 10.9 Å². The second kappa shape index (κ2) is 12.5. The Balaban J connectivity index is 1.88. The molecule has 34 heavy (non-hydrogen) atoms. The summed E-state index contributed by atoms with van der Waals surface area (Å²) in [5.74, 6) is 1.19. The Morgan fingerprint density at radius 2 is 1.94 bits per heavy atom. The van der Waals surface area contributed by atoms with Gasteiger partial charge in [0.2, 0.25) is 0 Å². The molecule has 1 heterocycles. The molecule has 180 valence electrons. The monoisotopic (exact) mass is 549 g/mol. The van der Waals surface area contributed by atoms with E-state index in [-0.39, 0.29) is 31.0 Å². The van der Waals surface area contributed by atoms with Gasteiger partial charge >= 0.3 is 5.97 Å². The molecule has 3 aromatic rings. The summed E-state index contributed by atoms with van der Waals surface area (Å²) in [6.45, 7) is 2.49. The first-order chi connectivity index (χ1) is 16.4. The minimum Gasteiger partial charge on any atom is -0.493 e. The third-order valence-corrected chi connectivity index (χ3v) is 5.44. The molecule has 8 nitrogen and oxygen atoms in total. The maximum Gasteiger partial charge on any atom is 0.306 e. The molecule has 10 heteroatoms. The van der Waals surface area contributed by atoms with Crippen molar-refractivity contribution >= 4 is 61.7 Å². The molecule has 0 unspecified atom stereocenters. The molecule has 0 aliphatic carbocycles. The van der Waals surface area contributed by atoms with E-state index >= 15 is 0 Å². The molecule has 0 aliphatic heterocycles. The summed E-state index contributed by atoms with van der Waals surface area (Å²) in [5.41, 5.74) is 2.03. The van der Waals surface area contributed by atoms with Crippen LogP contribution >= 0.6 is 27.5 Å². The van der Waals surface area contributed by atoms with Crippen LogP contribution in [-0.4, -0.2) is 47.4 Å². The lowest BCUT2D eigenvalue weighted by atomic mass is 10.0. The highest BCUT2D eigenvalue weighted by Gasteiger charge is 2.15. The number of aromatic nitrogens is 2. The first-order valence-electron chi connectivity index (χ1n) is 10.7. The Kier molecular flexibility index (Phi) is 9.47. The summed E-state index contributed by atoms with van der Waals surface area (Å²) < 4.78 is 16.1. The lowest BCUT2D eigenvalue weighted by molar-refractivity contribution is -0.144. The Hall–Kier alpha value is -2.91. The van der Waals surface area contributed by atoms with Crippen LogP contribution in [0.5, 0.6) is 11.5 Å². The number of halogens is 2. The van der Waals surface area contributed by atoms with Crippen molar-refractivity contribution in [2.24, 2.45) is 0 Å². The maximum atomic E-state index is 12.5. The van der Waals surface area contributed by atoms with Crippen LogP contribution < -0.4 is 14.8 Å². The Labute approximate surface area is 211 Å². The van der Waals surface area contributed by atoms with Gasteiger partial charge in [-0.2, -0.15) is 0 Å². The lowest BCUT2D eigenvalue weighted by Gasteiger charge is -2.15. The van der Waals surface area contributed by atoms with Crippen molar-refractivity contribution in [1.29, 1.82) is 0 Å². The third-order valence-electron chi connectivity index (χ3n) is 4.88. The van der Waals surface area contributed by atoms with Gasteiger partial charge in [-0.15, -0.1) is 0 Å². The van der Waals surface area contributed by atoms with Crippen molar-refractivity contribution < 1.29 is 23.8 Å². The van der Waals surface area contributed by atoms with Crippen LogP contribution in [0.1, 0.15) is 25.3 Å².